The van der Waals surface area contributed by atoms with Crippen molar-refractivity contribution in [2.45, 2.75) is 24.6 Å². The lowest BCUT2D eigenvalue weighted by molar-refractivity contribution is -0.127. The molecule has 0 spiro atoms. The molecule has 1 fully saturated rings. The quantitative estimate of drug-likeness (QED) is 0.793. The molecule has 1 atom stereocenters. The SMILES string of the molecule is O=C(NCC1(O)CCSC1)Nc1ccccc1CC(F)(F)F. The Morgan fingerprint density at radius 2 is 2.09 bits per heavy atom. The minimum atomic E-state index is -4.34. The summed E-state index contributed by atoms with van der Waals surface area (Å²) in [6.45, 7) is 0.0767. The first-order chi connectivity index (χ1) is 10.3. The first-order valence-electron chi connectivity index (χ1n) is 6.77. The molecule has 1 unspecified atom stereocenters. The van der Waals surface area contributed by atoms with E-state index in [4.69, 9.17) is 0 Å². The summed E-state index contributed by atoms with van der Waals surface area (Å²) in [6, 6.07) is 5.16. The van der Waals surface area contributed by atoms with Crippen molar-refractivity contribution < 1.29 is 23.1 Å². The maximum atomic E-state index is 12.5. The molecule has 1 aromatic rings. The van der Waals surface area contributed by atoms with Crippen LogP contribution in [0.3, 0.4) is 0 Å². The van der Waals surface area contributed by atoms with E-state index in [-0.39, 0.29) is 17.8 Å². The Bertz CT molecular complexity index is 531. The minimum absolute atomic E-state index is 0.000263. The number of para-hydroxylation sites is 1. The Labute approximate surface area is 130 Å². The van der Waals surface area contributed by atoms with Gasteiger partial charge in [-0.2, -0.15) is 24.9 Å². The van der Waals surface area contributed by atoms with E-state index < -0.39 is 24.2 Å². The number of halogens is 3. The van der Waals surface area contributed by atoms with Gasteiger partial charge >= 0.3 is 12.2 Å². The zero-order valence-corrected chi connectivity index (χ0v) is 12.6. The van der Waals surface area contributed by atoms with Crippen molar-refractivity contribution >= 4 is 23.5 Å². The second-order valence-corrected chi connectivity index (χ2v) is 6.39. The number of carbonyl (C=O) groups is 1. The number of amides is 2. The van der Waals surface area contributed by atoms with E-state index in [1.807, 2.05) is 0 Å². The molecular weight excluding hydrogens is 317 g/mol. The molecular formula is C14H17F3N2O2S. The molecule has 2 rings (SSSR count). The summed E-state index contributed by atoms with van der Waals surface area (Å²) in [5, 5.41) is 15.0. The summed E-state index contributed by atoms with van der Waals surface area (Å²) in [7, 11) is 0. The number of thioether (sulfide) groups is 1. The Morgan fingerprint density at radius 1 is 1.36 bits per heavy atom. The Balaban J connectivity index is 1.94. The van der Waals surface area contributed by atoms with Gasteiger partial charge in [0.1, 0.15) is 0 Å². The van der Waals surface area contributed by atoms with Crippen LogP contribution in [0.1, 0.15) is 12.0 Å². The predicted octanol–water partition coefficient (Wildman–Crippen LogP) is 2.78. The fraction of sp³-hybridized carbons (Fsp3) is 0.500. The number of nitrogens with one attached hydrogen (secondary N) is 2. The largest absolute Gasteiger partial charge is 0.393 e. The smallest absolute Gasteiger partial charge is 0.387 e. The van der Waals surface area contributed by atoms with Crippen LogP contribution in [0, 0.1) is 0 Å². The lowest BCUT2D eigenvalue weighted by Gasteiger charge is -2.22. The van der Waals surface area contributed by atoms with Crippen molar-refractivity contribution in [2.75, 3.05) is 23.4 Å². The van der Waals surface area contributed by atoms with E-state index in [0.717, 1.165) is 5.75 Å². The molecule has 0 aliphatic carbocycles. The zero-order valence-electron chi connectivity index (χ0n) is 11.7. The van der Waals surface area contributed by atoms with E-state index in [0.29, 0.717) is 12.2 Å². The number of urea groups is 1. The number of hydrogen-bond donors (Lipinski definition) is 3. The zero-order chi connectivity index (χ0) is 16.2. The lowest BCUT2D eigenvalue weighted by atomic mass is 10.0. The molecule has 1 aliphatic heterocycles. The molecule has 0 saturated carbocycles. The Hall–Kier alpha value is -1.41. The van der Waals surface area contributed by atoms with Crippen LogP contribution in [-0.2, 0) is 6.42 Å². The molecule has 2 amide bonds. The maximum Gasteiger partial charge on any atom is 0.393 e. The summed E-state index contributed by atoms with van der Waals surface area (Å²) in [4.78, 5) is 11.8. The van der Waals surface area contributed by atoms with Crippen molar-refractivity contribution in [1.29, 1.82) is 0 Å². The first-order valence-corrected chi connectivity index (χ1v) is 7.93. The predicted molar refractivity (Wildman–Crippen MR) is 80.1 cm³/mol. The van der Waals surface area contributed by atoms with Crippen molar-refractivity contribution in [1.82, 2.24) is 5.32 Å². The van der Waals surface area contributed by atoms with Gasteiger partial charge < -0.3 is 15.7 Å². The number of aliphatic hydroxyl groups is 1. The van der Waals surface area contributed by atoms with Crippen LogP contribution in [0.4, 0.5) is 23.7 Å². The first kappa shape index (κ1) is 17.0. The summed E-state index contributed by atoms with van der Waals surface area (Å²) in [5.74, 6) is 1.37. The number of rotatable bonds is 4. The highest BCUT2D eigenvalue weighted by Gasteiger charge is 2.32. The van der Waals surface area contributed by atoms with Crippen LogP contribution in [0.25, 0.3) is 0 Å². The number of alkyl halides is 3. The van der Waals surface area contributed by atoms with Gasteiger partial charge in [-0.25, -0.2) is 4.79 Å². The second kappa shape index (κ2) is 6.78. The summed E-state index contributed by atoms with van der Waals surface area (Å²) in [6.07, 6.45) is -4.86. The maximum absolute atomic E-state index is 12.5. The van der Waals surface area contributed by atoms with E-state index in [9.17, 15) is 23.1 Å². The van der Waals surface area contributed by atoms with E-state index in [1.54, 1.807) is 17.8 Å². The highest BCUT2D eigenvalue weighted by atomic mass is 32.2. The Morgan fingerprint density at radius 3 is 2.73 bits per heavy atom. The molecule has 0 bridgehead atoms. The van der Waals surface area contributed by atoms with E-state index >= 15 is 0 Å². The summed E-state index contributed by atoms with van der Waals surface area (Å²) < 4.78 is 37.5. The summed E-state index contributed by atoms with van der Waals surface area (Å²) >= 11 is 1.60. The van der Waals surface area contributed by atoms with Gasteiger partial charge in [0.2, 0.25) is 0 Å². The average Bonchev–Trinajstić information content (AvgIpc) is 2.85. The highest BCUT2D eigenvalue weighted by Crippen LogP contribution is 2.27. The van der Waals surface area contributed by atoms with Crippen LogP contribution in [0.2, 0.25) is 0 Å². The van der Waals surface area contributed by atoms with Crippen LogP contribution in [-0.4, -0.2) is 41.0 Å². The average molecular weight is 334 g/mol. The van der Waals surface area contributed by atoms with Gasteiger partial charge in [-0.05, 0) is 23.8 Å². The molecule has 4 nitrogen and oxygen atoms in total. The minimum Gasteiger partial charge on any atom is -0.387 e. The van der Waals surface area contributed by atoms with Gasteiger partial charge in [-0.15, -0.1) is 0 Å². The number of carbonyl (C=O) groups excluding carboxylic acids is 1. The highest BCUT2D eigenvalue weighted by molar-refractivity contribution is 7.99. The monoisotopic (exact) mass is 334 g/mol. The molecule has 1 aromatic carbocycles. The third-order valence-electron chi connectivity index (χ3n) is 3.32. The van der Waals surface area contributed by atoms with Gasteiger partial charge in [0.25, 0.3) is 0 Å². The van der Waals surface area contributed by atoms with Crippen LogP contribution < -0.4 is 10.6 Å². The third kappa shape index (κ3) is 5.10. The normalized spacial score (nSPS) is 21.6. The summed E-state index contributed by atoms with van der Waals surface area (Å²) in [5.41, 5.74) is -0.821. The third-order valence-corrected chi connectivity index (χ3v) is 4.55. The standard InChI is InChI=1S/C14H17F3N2O2S/c15-14(16,17)7-10-3-1-2-4-11(10)19-12(20)18-8-13(21)5-6-22-9-13/h1-4,21H,5-9H2,(H2,18,19,20). The molecule has 0 radical (unpaired) electrons. The molecule has 3 N–H and O–H groups in total. The van der Waals surface area contributed by atoms with Gasteiger partial charge in [-0.1, -0.05) is 18.2 Å². The number of benzene rings is 1. The van der Waals surface area contributed by atoms with Crippen molar-refractivity contribution in [3.05, 3.63) is 29.8 Å². The number of anilines is 1. The van der Waals surface area contributed by atoms with Crippen molar-refractivity contribution in [3.8, 4) is 0 Å². The topological polar surface area (TPSA) is 61.4 Å². The molecule has 22 heavy (non-hydrogen) atoms. The molecule has 122 valence electrons. The van der Waals surface area contributed by atoms with Gasteiger partial charge in [0.05, 0.1) is 12.0 Å². The molecule has 1 heterocycles. The lowest BCUT2D eigenvalue weighted by Crippen LogP contribution is -2.44. The molecule has 0 aromatic heterocycles. The van der Waals surface area contributed by atoms with E-state index in [2.05, 4.69) is 10.6 Å². The number of hydrogen-bond acceptors (Lipinski definition) is 3. The van der Waals surface area contributed by atoms with Crippen LogP contribution in [0.5, 0.6) is 0 Å². The van der Waals surface area contributed by atoms with Crippen molar-refractivity contribution in [3.63, 3.8) is 0 Å². The second-order valence-electron chi connectivity index (χ2n) is 5.28. The van der Waals surface area contributed by atoms with Crippen LogP contribution in [0.15, 0.2) is 24.3 Å². The molecule has 8 heteroatoms. The fourth-order valence-electron chi connectivity index (χ4n) is 2.16. The molecule has 1 saturated heterocycles. The van der Waals surface area contributed by atoms with Gasteiger partial charge in [0, 0.05) is 18.0 Å². The molecule has 1 aliphatic rings. The Kier molecular flexibility index (Phi) is 5.23. The fourth-order valence-corrected chi connectivity index (χ4v) is 3.45. The van der Waals surface area contributed by atoms with Crippen molar-refractivity contribution in [2.24, 2.45) is 0 Å². The van der Waals surface area contributed by atoms with Gasteiger partial charge in [0.15, 0.2) is 0 Å². The van der Waals surface area contributed by atoms with E-state index in [1.165, 1.54) is 18.2 Å². The van der Waals surface area contributed by atoms with Gasteiger partial charge in [-0.3, -0.25) is 0 Å². The van der Waals surface area contributed by atoms with Crippen LogP contribution >= 0.6 is 11.8 Å².